The minimum Gasteiger partial charge on any atom is -0.367 e. The molecule has 45 heavy (non-hydrogen) atoms. The van der Waals surface area contributed by atoms with Crippen LogP contribution in [0.5, 0.6) is 0 Å². The Bertz CT molecular complexity index is 1630. The van der Waals surface area contributed by atoms with E-state index in [0.29, 0.717) is 64.5 Å². The van der Waals surface area contributed by atoms with Gasteiger partial charge in [0, 0.05) is 43.0 Å². The van der Waals surface area contributed by atoms with Gasteiger partial charge in [-0.05, 0) is 40.8 Å². The predicted octanol–water partition coefficient (Wildman–Crippen LogP) is 7.11. The van der Waals surface area contributed by atoms with Crippen LogP contribution in [0.3, 0.4) is 0 Å². The van der Waals surface area contributed by atoms with Gasteiger partial charge in [0.05, 0.1) is 18.5 Å². The van der Waals surface area contributed by atoms with Crippen molar-refractivity contribution < 1.29 is 40.3 Å². The molecular formula is C33H30F7N3O2. The number of rotatable bonds is 9. The Hall–Kier alpha value is -4.09. The van der Waals surface area contributed by atoms with Gasteiger partial charge in [0.1, 0.15) is 0 Å². The van der Waals surface area contributed by atoms with E-state index in [9.17, 15) is 40.3 Å². The molecule has 2 heterocycles. The maximum absolute atomic E-state index is 14.7. The zero-order chi connectivity index (χ0) is 32.3. The van der Waals surface area contributed by atoms with Crippen molar-refractivity contribution in [2.45, 2.75) is 56.3 Å². The first kappa shape index (κ1) is 30.9. The van der Waals surface area contributed by atoms with Crippen LogP contribution in [0.4, 0.5) is 36.4 Å². The van der Waals surface area contributed by atoms with Crippen molar-refractivity contribution in [1.29, 1.82) is 0 Å². The second kappa shape index (κ2) is 11.1. The lowest BCUT2D eigenvalue weighted by molar-refractivity contribution is -0.355. The van der Waals surface area contributed by atoms with Crippen molar-refractivity contribution in [3.8, 4) is 11.1 Å². The average Bonchev–Trinajstić information content (AvgIpc) is 3.49. The number of carbonyl (C=O) groups excluding carboxylic acids is 2. The van der Waals surface area contributed by atoms with E-state index in [0.717, 1.165) is 5.56 Å². The Morgan fingerprint density at radius 1 is 0.867 bits per heavy atom. The second-order valence-electron chi connectivity index (χ2n) is 11.8. The van der Waals surface area contributed by atoms with Gasteiger partial charge in [0.15, 0.2) is 0 Å². The molecule has 12 heteroatoms. The number of benzene rings is 3. The second-order valence-corrected chi connectivity index (χ2v) is 11.8. The summed E-state index contributed by atoms with van der Waals surface area (Å²) in [7, 11) is 0. The lowest BCUT2D eigenvalue weighted by atomic mass is 9.91. The topological polar surface area (TPSA) is 43.9 Å². The van der Waals surface area contributed by atoms with Crippen LogP contribution in [0.2, 0.25) is 0 Å². The Morgan fingerprint density at radius 3 is 2.18 bits per heavy atom. The van der Waals surface area contributed by atoms with Gasteiger partial charge in [-0.3, -0.25) is 9.59 Å². The fourth-order valence-electron chi connectivity index (χ4n) is 6.54. The summed E-state index contributed by atoms with van der Waals surface area (Å²) in [6.07, 6.45) is -5.98. The summed E-state index contributed by atoms with van der Waals surface area (Å²) in [5.41, 5.74) is 4.44. The lowest BCUT2D eigenvalue weighted by Gasteiger charge is -2.46. The number of fused-ring (bicyclic) bond motifs is 4. The number of hydrogen-bond acceptors (Lipinski definition) is 3. The highest BCUT2D eigenvalue weighted by Gasteiger charge is 2.73. The highest BCUT2D eigenvalue weighted by atomic mass is 19.4. The minimum absolute atomic E-state index is 0.0721. The summed E-state index contributed by atoms with van der Waals surface area (Å²) in [5.74, 6) is -14.1. The average molecular weight is 634 g/mol. The number of amides is 2. The molecule has 0 aromatic heterocycles. The van der Waals surface area contributed by atoms with Gasteiger partial charge in [-0.15, -0.1) is 0 Å². The third kappa shape index (κ3) is 5.02. The third-order valence-corrected chi connectivity index (χ3v) is 8.97. The van der Waals surface area contributed by atoms with Gasteiger partial charge < -0.3 is 14.7 Å². The van der Waals surface area contributed by atoms with Crippen molar-refractivity contribution >= 4 is 17.5 Å². The number of unbranched alkanes of at least 4 members (excludes halogenated alkanes) is 1. The summed E-state index contributed by atoms with van der Waals surface area (Å²) in [6.45, 7) is 0.519. The Morgan fingerprint density at radius 2 is 1.51 bits per heavy atom. The minimum atomic E-state index is -6.50. The van der Waals surface area contributed by atoms with E-state index >= 15 is 0 Å². The molecule has 2 aliphatic heterocycles. The first-order chi connectivity index (χ1) is 21.3. The van der Waals surface area contributed by atoms with Gasteiger partial charge in [-0.2, -0.15) is 30.7 Å². The van der Waals surface area contributed by atoms with Crippen molar-refractivity contribution in [1.82, 2.24) is 9.80 Å². The SMILES string of the molecule is CCCCN(CC(F)(F)C(F)(F)C(F)(F)F)C(=O)C1c2ccccc2-c2cccc(N3CC(N4Cc5ccccc5C4=O)C3)c21. The fourth-order valence-corrected chi connectivity index (χ4v) is 6.54. The van der Waals surface area contributed by atoms with Crippen LogP contribution < -0.4 is 4.90 Å². The molecule has 1 fully saturated rings. The number of carbonyl (C=O) groups is 2. The largest absolute Gasteiger partial charge is 0.459 e. The first-order valence-electron chi connectivity index (χ1n) is 14.7. The summed E-state index contributed by atoms with van der Waals surface area (Å²) in [5, 5.41) is 0. The summed E-state index contributed by atoms with van der Waals surface area (Å²) >= 11 is 0. The number of hydrogen-bond donors (Lipinski definition) is 0. The quantitative estimate of drug-likeness (QED) is 0.236. The van der Waals surface area contributed by atoms with E-state index in [2.05, 4.69) is 0 Å². The van der Waals surface area contributed by atoms with Gasteiger partial charge in [0.25, 0.3) is 5.91 Å². The van der Waals surface area contributed by atoms with E-state index in [4.69, 9.17) is 0 Å². The number of alkyl halides is 7. The van der Waals surface area contributed by atoms with E-state index in [-0.39, 0.29) is 18.4 Å². The normalized spacial score (nSPS) is 18.0. The lowest BCUT2D eigenvalue weighted by Crippen LogP contribution is -2.60. The van der Waals surface area contributed by atoms with Crippen LogP contribution in [0.15, 0.2) is 66.7 Å². The van der Waals surface area contributed by atoms with Crippen molar-refractivity contribution in [2.24, 2.45) is 0 Å². The Kier molecular flexibility index (Phi) is 7.60. The maximum atomic E-state index is 14.7. The Labute approximate surface area is 255 Å². The molecule has 0 spiro atoms. The van der Waals surface area contributed by atoms with Crippen LogP contribution in [0.25, 0.3) is 11.1 Å². The molecule has 3 aromatic rings. The summed E-state index contributed by atoms with van der Waals surface area (Å²) in [6, 6.07) is 19.4. The van der Waals surface area contributed by atoms with E-state index in [1.807, 2.05) is 17.0 Å². The molecule has 1 aliphatic carbocycles. The monoisotopic (exact) mass is 633 g/mol. The van der Waals surface area contributed by atoms with E-state index in [1.54, 1.807) is 66.4 Å². The Balaban J connectivity index is 1.32. The maximum Gasteiger partial charge on any atom is 0.459 e. The molecule has 3 aromatic carbocycles. The molecule has 238 valence electrons. The number of halogens is 7. The summed E-state index contributed by atoms with van der Waals surface area (Å²) in [4.78, 5) is 31.4. The molecule has 0 radical (unpaired) electrons. The van der Waals surface area contributed by atoms with Crippen LogP contribution in [0.1, 0.15) is 52.7 Å². The van der Waals surface area contributed by atoms with Gasteiger partial charge in [0.2, 0.25) is 5.91 Å². The first-order valence-corrected chi connectivity index (χ1v) is 14.7. The van der Waals surface area contributed by atoms with Crippen LogP contribution in [0, 0.1) is 0 Å². The van der Waals surface area contributed by atoms with E-state index < -0.39 is 42.9 Å². The van der Waals surface area contributed by atoms with Gasteiger partial charge >= 0.3 is 18.0 Å². The fraction of sp³-hybridized carbons (Fsp3) is 0.394. The molecule has 1 saturated heterocycles. The van der Waals surface area contributed by atoms with Crippen LogP contribution in [-0.4, -0.2) is 71.9 Å². The van der Waals surface area contributed by atoms with Crippen molar-refractivity contribution in [3.05, 3.63) is 89.0 Å². The van der Waals surface area contributed by atoms with Crippen molar-refractivity contribution in [2.75, 3.05) is 31.1 Å². The van der Waals surface area contributed by atoms with E-state index in [1.165, 1.54) is 0 Å². The standard InChI is InChI=1S/C33H30F7N3O2/c1-2-3-15-41(19-31(34,35)32(36,37)33(38,39)40)30(45)28-25-12-7-6-11-23(25)24-13-8-14-26(27(24)28)42-17-21(18-42)43-16-20-9-4-5-10-22(20)29(43)44/h4-14,21,28H,2-3,15-19H2,1H3. The smallest absolute Gasteiger partial charge is 0.367 e. The molecule has 2 amide bonds. The van der Waals surface area contributed by atoms with Gasteiger partial charge in [-0.1, -0.05) is 67.9 Å². The predicted molar refractivity (Wildman–Crippen MR) is 153 cm³/mol. The molecule has 0 bridgehead atoms. The third-order valence-electron chi connectivity index (χ3n) is 8.97. The number of anilines is 1. The molecule has 3 aliphatic rings. The highest BCUT2D eigenvalue weighted by Crippen LogP contribution is 2.51. The molecule has 5 nitrogen and oxygen atoms in total. The molecule has 0 saturated carbocycles. The molecule has 1 atom stereocenters. The zero-order valence-corrected chi connectivity index (χ0v) is 24.3. The zero-order valence-electron chi connectivity index (χ0n) is 24.3. The molecule has 6 rings (SSSR count). The summed E-state index contributed by atoms with van der Waals surface area (Å²) < 4.78 is 96.3. The molecule has 1 unspecified atom stereocenters. The van der Waals surface area contributed by atoms with Crippen molar-refractivity contribution in [3.63, 3.8) is 0 Å². The number of nitrogens with zero attached hydrogens (tertiary/aromatic N) is 3. The highest BCUT2D eigenvalue weighted by molar-refractivity contribution is 6.00. The molecular weight excluding hydrogens is 603 g/mol. The van der Waals surface area contributed by atoms with Crippen LogP contribution in [-0.2, 0) is 11.3 Å². The van der Waals surface area contributed by atoms with Gasteiger partial charge in [-0.25, -0.2) is 0 Å². The van der Waals surface area contributed by atoms with Crippen LogP contribution >= 0.6 is 0 Å². The molecule has 0 N–H and O–H groups in total.